The number of hydrogen-bond donors (Lipinski definition) is 2. The average Bonchev–Trinajstić information content (AvgIpc) is 3.23. The quantitative estimate of drug-likeness (QED) is 0.621. The normalized spacial score (nSPS) is 17.8. The predicted molar refractivity (Wildman–Crippen MR) is 88.3 cm³/mol. The van der Waals surface area contributed by atoms with Crippen molar-refractivity contribution in [1.29, 1.82) is 0 Å². The van der Waals surface area contributed by atoms with Crippen molar-refractivity contribution in [2.45, 2.75) is 45.2 Å². The second-order valence-electron chi connectivity index (χ2n) is 5.72. The summed E-state index contributed by atoms with van der Waals surface area (Å²) in [5.74, 6) is 2.92. The van der Waals surface area contributed by atoms with Gasteiger partial charge >= 0.3 is 0 Å². The molecular formula is C16H24N6O. The summed E-state index contributed by atoms with van der Waals surface area (Å²) in [6.45, 7) is 4.58. The van der Waals surface area contributed by atoms with Crippen LogP contribution in [0, 0.1) is 0 Å². The fourth-order valence-corrected chi connectivity index (χ4v) is 2.68. The molecule has 0 bridgehead atoms. The molecule has 2 aromatic rings. The second-order valence-corrected chi connectivity index (χ2v) is 5.72. The van der Waals surface area contributed by atoms with Gasteiger partial charge < -0.3 is 15.1 Å². The molecule has 0 aliphatic carbocycles. The van der Waals surface area contributed by atoms with Crippen LogP contribution in [0.4, 0.5) is 0 Å². The molecule has 7 nitrogen and oxygen atoms in total. The van der Waals surface area contributed by atoms with Crippen molar-refractivity contribution in [1.82, 2.24) is 25.4 Å². The van der Waals surface area contributed by atoms with Gasteiger partial charge in [-0.1, -0.05) is 6.92 Å². The van der Waals surface area contributed by atoms with E-state index in [1.54, 1.807) is 12.6 Å². The third-order valence-electron chi connectivity index (χ3n) is 3.88. The number of hydrogen-bond acceptors (Lipinski definition) is 4. The van der Waals surface area contributed by atoms with Gasteiger partial charge in [-0.15, -0.1) is 0 Å². The van der Waals surface area contributed by atoms with Gasteiger partial charge in [0, 0.05) is 32.0 Å². The van der Waals surface area contributed by atoms with E-state index in [1.807, 2.05) is 16.8 Å². The summed E-state index contributed by atoms with van der Waals surface area (Å²) >= 11 is 0. The summed E-state index contributed by atoms with van der Waals surface area (Å²) in [6, 6.07) is 4.24. The monoisotopic (exact) mass is 316 g/mol. The van der Waals surface area contributed by atoms with E-state index >= 15 is 0 Å². The lowest BCUT2D eigenvalue weighted by molar-refractivity contribution is 0.392. The highest BCUT2D eigenvalue weighted by molar-refractivity contribution is 5.80. The zero-order valence-electron chi connectivity index (χ0n) is 13.5. The Balaban J connectivity index is 1.52. The fraction of sp³-hybridized carbons (Fsp3) is 0.562. The first-order chi connectivity index (χ1) is 11.3. The number of rotatable bonds is 6. The predicted octanol–water partition coefficient (Wildman–Crippen LogP) is 1.37. The summed E-state index contributed by atoms with van der Waals surface area (Å²) in [5.41, 5.74) is 0. The zero-order chi connectivity index (χ0) is 15.9. The topological polar surface area (TPSA) is 80.3 Å². The molecule has 0 aromatic carbocycles. The van der Waals surface area contributed by atoms with Crippen LogP contribution in [0.25, 0.3) is 0 Å². The first kappa shape index (κ1) is 15.6. The minimum Gasteiger partial charge on any atom is -0.469 e. The molecule has 0 saturated carbocycles. The smallest absolute Gasteiger partial charge is 0.191 e. The van der Waals surface area contributed by atoms with E-state index in [4.69, 9.17) is 4.42 Å². The Morgan fingerprint density at radius 1 is 1.52 bits per heavy atom. The van der Waals surface area contributed by atoms with E-state index in [-0.39, 0.29) is 0 Å². The van der Waals surface area contributed by atoms with Crippen LogP contribution in [0.1, 0.15) is 31.4 Å². The minimum atomic E-state index is 0.330. The molecule has 2 aromatic heterocycles. The highest BCUT2D eigenvalue weighted by atomic mass is 16.3. The SMILES string of the molecule is CCCN=C(NCCc1ccco1)NC1CCc2ncnn2C1. The summed E-state index contributed by atoms with van der Waals surface area (Å²) in [5, 5.41) is 11.2. The summed E-state index contributed by atoms with van der Waals surface area (Å²) in [4.78, 5) is 8.88. The lowest BCUT2D eigenvalue weighted by atomic mass is 10.1. The van der Waals surface area contributed by atoms with Crippen LogP contribution in [-0.2, 0) is 19.4 Å². The summed E-state index contributed by atoms with van der Waals surface area (Å²) in [7, 11) is 0. The van der Waals surface area contributed by atoms with E-state index in [9.17, 15) is 0 Å². The molecular weight excluding hydrogens is 292 g/mol. The van der Waals surface area contributed by atoms with Gasteiger partial charge in [0.05, 0.1) is 12.8 Å². The van der Waals surface area contributed by atoms with Gasteiger partial charge in [-0.05, 0) is 25.0 Å². The maximum Gasteiger partial charge on any atom is 0.191 e. The standard InChI is InChI=1S/C16H24N6O/c1-2-8-17-16(18-9-7-14-4-3-10-23-14)21-13-5-6-15-19-12-20-22(15)11-13/h3-4,10,12-13H,2,5-9,11H2,1H3,(H2,17,18,21). The molecule has 0 radical (unpaired) electrons. The molecule has 1 unspecified atom stereocenters. The number of furan rings is 1. The summed E-state index contributed by atoms with van der Waals surface area (Å²) in [6.07, 6.45) is 7.21. The van der Waals surface area contributed by atoms with Gasteiger partial charge in [-0.2, -0.15) is 5.10 Å². The molecule has 124 valence electrons. The maximum atomic E-state index is 5.36. The Bertz CT molecular complexity index is 618. The molecule has 1 aliphatic rings. The minimum absolute atomic E-state index is 0.330. The zero-order valence-corrected chi connectivity index (χ0v) is 13.5. The van der Waals surface area contributed by atoms with Crippen LogP contribution in [0.3, 0.4) is 0 Å². The largest absolute Gasteiger partial charge is 0.469 e. The number of guanidine groups is 1. The van der Waals surface area contributed by atoms with E-state index in [0.29, 0.717) is 6.04 Å². The first-order valence-corrected chi connectivity index (χ1v) is 8.29. The molecule has 1 atom stereocenters. The highest BCUT2D eigenvalue weighted by Crippen LogP contribution is 2.11. The van der Waals surface area contributed by atoms with E-state index in [0.717, 1.165) is 62.9 Å². The van der Waals surface area contributed by atoms with Crippen molar-refractivity contribution in [2.75, 3.05) is 13.1 Å². The van der Waals surface area contributed by atoms with Crippen molar-refractivity contribution in [3.05, 3.63) is 36.3 Å². The fourth-order valence-electron chi connectivity index (χ4n) is 2.68. The van der Waals surface area contributed by atoms with Crippen molar-refractivity contribution in [3.8, 4) is 0 Å². The third-order valence-corrected chi connectivity index (χ3v) is 3.88. The Morgan fingerprint density at radius 2 is 2.48 bits per heavy atom. The van der Waals surface area contributed by atoms with Crippen LogP contribution >= 0.6 is 0 Å². The number of aryl methyl sites for hydroxylation is 1. The second kappa shape index (κ2) is 7.80. The van der Waals surface area contributed by atoms with Crippen LogP contribution < -0.4 is 10.6 Å². The molecule has 2 N–H and O–H groups in total. The van der Waals surface area contributed by atoms with Crippen LogP contribution in [0.5, 0.6) is 0 Å². The number of nitrogens with one attached hydrogen (secondary N) is 2. The van der Waals surface area contributed by atoms with Gasteiger partial charge in [-0.25, -0.2) is 9.67 Å². The Hall–Kier alpha value is -2.31. The van der Waals surface area contributed by atoms with Crippen LogP contribution in [0.2, 0.25) is 0 Å². The van der Waals surface area contributed by atoms with E-state index in [1.165, 1.54) is 0 Å². The molecule has 0 fully saturated rings. The van der Waals surface area contributed by atoms with Gasteiger partial charge in [0.25, 0.3) is 0 Å². The van der Waals surface area contributed by atoms with Crippen molar-refractivity contribution in [2.24, 2.45) is 4.99 Å². The molecule has 0 spiro atoms. The maximum absolute atomic E-state index is 5.36. The van der Waals surface area contributed by atoms with Gasteiger partial charge in [-0.3, -0.25) is 4.99 Å². The number of aliphatic imine (C=N–C) groups is 1. The lowest BCUT2D eigenvalue weighted by Crippen LogP contribution is -2.47. The van der Waals surface area contributed by atoms with Crippen molar-refractivity contribution < 1.29 is 4.42 Å². The third kappa shape index (κ3) is 4.34. The van der Waals surface area contributed by atoms with E-state index in [2.05, 4.69) is 32.6 Å². The number of nitrogens with zero attached hydrogens (tertiary/aromatic N) is 4. The number of fused-ring (bicyclic) bond motifs is 1. The molecule has 3 rings (SSSR count). The molecule has 23 heavy (non-hydrogen) atoms. The van der Waals surface area contributed by atoms with Crippen molar-refractivity contribution in [3.63, 3.8) is 0 Å². The van der Waals surface area contributed by atoms with Gasteiger partial charge in [0.1, 0.15) is 17.9 Å². The van der Waals surface area contributed by atoms with Gasteiger partial charge in [0.2, 0.25) is 0 Å². The Kier molecular flexibility index (Phi) is 5.29. The Labute approximate surface area is 136 Å². The summed E-state index contributed by atoms with van der Waals surface area (Å²) < 4.78 is 7.33. The molecule has 7 heteroatoms. The van der Waals surface area contributed by atoms with Crippen molar-refractivity contribution >= 4 is 5.96 Å². The Morgan fingerprint density at radius 3 is 3.30 bits per heavy atom. The number of aromatic nitrogens is 3. The van der Waals surface area contributed by atoms with E-state index < -0.39 is 0 Å². The molecule has 1 aliphatic heterocycles. The lowest BCUT2D eigenvalue weighted by Gasteiger charge is -2.25. The molecule has 3 heterocycles. The molecule has 0 saturated heterocycles. The first-order valence-electron chi connectivity index (χ1n) is 8.29. The highest BCUT2D eigenvalue weighted by Gasteiger charge is 2.20. The van der Waals surface area contributed by atoms with Crippen LogP contribution in [-0.4, -0.2) is 39.9 Å². The average molecular weight is 316 g/mol. The van der Waals surface area contributed by atoms with Gasteiger partial charge in [0.15, 0.2) is 5.96 Å². The van der Waals surface area contributed by atoms with Crippen LogP contribution in [0.15, 0.2) is 34.1 Å². The molecule has 0 amide bonds.